The number of hydrogen-bond acceptors (Lipinski definition) is 6. The van der Waals surface area contributed by atoms with E-state index in [1.807, 2.05) is 54.6 Å². The number of H-pyrrole nitrogens is 1. The van der Waals surface area contributed by atoms with Crippen molar-refractivity contribution in [3.8, 4) is 5.75 Å². The van der Waals surface area contributed by atoms with Crippen molar-refractivity contribution in [3.05, 3.63) is 88.2 Å². The van der Waals surface area contributed by atoms with Gasteiger partial charge in [0.1, 0.15) is 11.4 Å². The number of methoxy groups -OCH3 is 1. The van der Waals surface area contributed by atoms with Gasteiger partial charge in [-0.15, -0.1) is 0 Å². The van der Waals surface area contributed by atoms with Crippen molar-refractivity contribution < 1.29 is 23.9 Å². The monoisotopic (exact) mass is 473 g/mol. The van der Waals surface area contributed by atoms with Crippen LogP contribution in [0.25, 0.3) is 0 Å². The van der Waals surface area contributed by atoms with Crippen LogP contribution in [-0.4, -0.2) is 47.1 Å². The zero-order valence-corrected chi connectivity index (χ0v) is 20.1. The van der Waals surface area contributed by atoms with Gasteiger partial charge in [0, 0.05) is 17.7 Å². The number of hydrogen-bond donors (Lipinski definition) is 1. The summed E-state index contributed by atoms with van der Waals surface area (Å²) in [6.45, 7) is 4.35. The summed E-state index contributed by atoms with van der Waals surface area (Å²) < 4.78 is 10.6. The van der Waals surface area contributed by atoms with Crippen LogP contribution in [0.2, 0.25) is 0 Å². The van der Waals surface area contributed by atoms with Gasteiger partial charge in [0.2, 0.25) is 0 Å². The molecule has 0 saturated heterocycles. The lowest BCUT2D eigenvalue weighted by Gasteiger charge is -2.22. The van der Waals surface area contributed by atoms with Gasteiger partial charge in [0.25, 0.3) is 5.91 Å². The van der Waals surface area contributed by atoms with Crippen LogP contribution in [0.1, 0.15) is 62.6 Å². The minimum atomic E-state index is -0.695. The maximum Gasteiger partial charge on any atom is 0.355 e. The number of aryl methyl sites for hydroxylation is 1. The van der Waals surface area contributed by atoms with Gasteiger partial charge < -0.3 is 14.5 Å². The Hall–Kier alpha value is -4.20. The van der Waals surface area contributed by atoms with Gasteiger partial charge in [-0.1, -0.05) is 42.5 Å². The molecule has 2 heterocycles. The number of benzene rings is 2. The Balaban J connectivity index is 1.55. The summed E-state index contributed by atoms with van der Waals surface area (Å²) in [6, 6.07) is 16.8. The second kappa shape index (κ2) is 9.97. The fraction of sp³-hybridized carbons (Fsp3) is 0.259. The normalized spacial score (nSPS) is 15.0. The molecular formula is C27H27N3O5. The predicted molar refractivity (Wildman–Crippen MR) is 131 cm³/mol. The van der Waals surface area contributed by atoms with Crippen LogP contribution in [0.3, 0.4) is 0 Å². The largest absolute Gasteiger partial charge is 0.497 e. The van der Waals surface area contributed by atoms with Crippen LogP contribution >= 0.6 is 0 Å². The summed E-state index contributed by atoms with van der Waals surface area (Å²) in [7, 11) is 1.60. The van der Waals surface area contributed by atoms with Gasteiger partial charge >= 0.3 is 5.97 Å². The molecule has 1 aromatic heterocycles. The highest BCUT2D eigenvalue weighted by Crippen LogP contribution is 2.33. The number of amides is 1. The summed E-state index contributed by atoms with van der Waals surface area (Å²) >= 11 is 0. The minimum Gasteiger partial charge on any atom is -0.497 e. The number of nitrogens with one attached hydrogen (secondary N) is 1. The number of ether oxygens (including phenoxy) is 2. The molecule has 35 heavy (non-hydrogen) atoms. The van der Waals surface area contributed by atoms with Crippen molar-refractivity contribution in [2.75, 3.05) is 13.7 Å². The first-order valence-electron chi connectivity index (χ1n) is 11.3. The van der Waals surface area contributed by atoms with E-state index in [1.54, 1.807) is 21.0 Å². The van der Waals surface area contributed by atoms with Crippen molar-refractivity contribution in [1.82, 2.24) is 9.99 Å². The number of hydrazone groups is 1. The Labute approximate surface area is 203 Å². The molecule has 8 nitrogen and oxygen atoms in total. The summed E-state index contributed by atoms with van der Waals surface area (Å²) in [4.78, 5) is 40.6. The lowest BCUT2D eigenvalue weighted by Crippen LogP contribution is -2.31. The number of carbonyl (C=O) groups excluding carboxylic acids is 3. The summed E-state index contributed by atoms with van der Waals surface area (Å²) in [5.41, 5.74) is 4.31. The van der Waals surface area contributed by atoms with Crippen LogP contribution in [0.4, 0.5) is 0 Å². The van der Waals surface area contributed by atoms with Crippen molar-refractivity contribution in [3.63, 3.8) is 0 Å². The Kier molecular flexibility index (Phi) is 6.82. The molecule has 0 radical (unpaired) electrons. The molecule has 2 aromatic carbocycles. The molecular weight excluding hydrogens is 446 g/mol. The third-order valence-corrected chi connectivity index (χ3v) is 6.09. The lowest BCUT2D eigenvalue weighted by molar-refractivity contribution is -0.136. The van der Waals surface area contributed by atoms with E-state index in [9.17, 15) is 14.4 Å². The van der Waals surface area contributed by atoms with E-state index in [1.165, 1.54) is 11.9 Å². The lowest BCUT2D eigenvalue weighted by atomic mass is 9.98. The number of aromatic amines is 1. The third-order valence-electron chi connectivity index (χ3n) is 6.09. The van der Waals surface area contributed by atoms with Gasteiger partial charge in [-0.2, -0.15) is 5.10 Å². The molecule has 1 aliphatic heterocycles. The standard InChI is InChI=1S/C27H27N3O5/c1-16-25(18(3)31)17(2)28-26(16)27(33)35-15-24(32)30-23(20-10-12-21(34-4)13-11-20)14-22(29-30)19-8-6-5-7-9-19/h5-13,23,28H,14-15H2,1-4H3. The Morgan fingerprint density at radius 2 is 1.74 bits per heavy atom. The average Bonchev–Trinajstić information content (AvgIpc) is 3.44. The zero-order chi connectivity index (χ0) is 25.1. The highest BCUT2D eigenvalue weighted by atomic mass is 16.5. The van der Waals surface area contributed by atoms with Crippen LogP contribution < -0.4 is 4.74 Å². The molecule has 1 aliphatic rings. The molecule has 4 rings (SSSR count). The van der Waals surface area contributed by atoms with E-state index in [0.29, 0.717) is 29.0 Å². The van der Waals surface area contributed by atoms with E-state index in [4.69, 9.17) is 9.47 Å². The molecule has 0 aliphatic carbocycles. The zero-order valence-electron chi connectivity index (χ0n) is 20.1. The van der Waals surface area contributed by atoms with Crippen LogP contribution in [0, 0.1) is 13.8 Å². The highest BCUT2D eigenvalue weighted by Gasteiger charge is 2.34. The van der Waals surface area contributed by atoms with Gasteiger partial charge in [-0.05, 0) is 49.6 Å². The maximum atomic E-state index is 13.2. The molecule has 1 atom stereocenters. The van der Waals surface area contributed by atoms with Gasteiger partial charge in [0.05, 0.1) is 18.9 Å². The van der Waals surface area contributed by atoms with Crippen LogP contribution in [0.15, 0.2) is 59.7 Å². The molecule has 1 unspecified atom stereocenters. The van der Waals surface area contributed by atoms with Crippen molar-refractivity contribution in [2.45, 2.75) is 33.2 Å². The molecule has 1 amide bonds. The van der Waals surface area contributed by atoms with E-state index in [-0.39, 0.29) is 17.5 Å². The highest BCUT2D eigenvalue weighted by molar-refractivity contribution is 6.04. The van der Waals surface area contributed by atoms with Crippen molar-refractivity contribution >= 4 is 23.4 Å². The quantitative estimate of drug-likeness (QED) is 0.405. The number of Topliss-reactive ketones (excluding diaryl/α,β-unsaturated/α-hetero) is 1. The first kappa shape index (κ1) is 23.9. The van der Waals surface area contributed by atoms with Gasteiger partial charge in [-0.3, -0.25) is 9.59 Å². The fourth-order valence-corrected chi connectivity index (χ4v) is 4.38. The molecule has 3 aromatic rings. The molecule has 8 heteroatoms. The van der Waals surface area contributed by atoms with Gasteiger partial charge in [0.15, 0.2) is 12.4 Å². The minimum absolute atomic E-state index is 0.145. The maximum absolute atomic E-state index is 13.2. The molecule has 180 valence electrons. The molecule has 0 fully saturated rings. The topological polar surface area (TPSA) is 101 Å². The Morgan fingerprint density at radius 3 is 2.34 bits per heavy atom. The van der Waals surface area contributed by atoms with Crippen LogP contribution in [0.5, 0.6) is 5.75 Å². The molecule has 0 spiro atoms. The fourth-order valence-electron chi connectivity index (χ4n) is 4.38. The summed E-state index contributed by atoms with van der Waals surface area (Å²) in [5, 5.41) is 5.97. The van der Waals surface area contributed by atoms with Crippen molar-refractivity contribution in [1.29, 1.82) is 0 Å². The number of ketones is 1. The third kappa shape index (κ3) is 4.87. The molecule has 0 saturated carbocycles. The average molecular weight is 474 g/mol. The Morgan fingerprint density at radius 1 is 1.06 bits per heavy atom. The Bertz CT molecular complexity index is 1290. The molecule has 0 bridgehead atoms. The predicted octanol–water partition coefficient (Wildman–Crippen LogP) is 4.38. The second-order valence-corrected chi connectivity index (χ2v) is 8.40. The first-order chi connectivity index (χ1) is 16.8. The smallest absolute Gasteiger partial charge is 0.355 e. The SMILES string of the molecule is COc1ccc(C2CC(c3ccccc3)=NN2C(=O)COC(=O)c2[nH]c(C)c(C(C)=O)c2C)cc1. The summed E-state index contributed by atoms with van der Waals surface area (Å²) in [5.74, 6) is -0.574. The van der Waals surface area contributed by atoms with Crippen molar-refractivity contribution in [2.24, 2.45) is 5.10 Å². The van der Waals surface area contributed by atoms with E-state index in [2.05, 4.69) is 10.1 Å². The number of nitrogens with zero attached hydrogens (tertiary/aromatic N) is 2. The number of aromatic nitrogens is 1. The molecule has 1 N–H and O–H groups in total. The summed E-state index contributed by atoms with van der Waals surface area (Å²) in [6.07, 6.45) is 0.521. The second-order valence-electron chi connectivity index (χ2n) is 8.40. The number of esters is 1. The number of carbonyl (C=O) groups is 3. The number of rotatable bonds is 7. The van der Waals surface area contributed by atoms with E-state index < -0.39 is 18.5 Å². The van der Waals surface area contributed by atoms with E-state index in [0.717, 1.165) is 16.8 Å². The van der Waals surface area contributed by atoms with E-state index >= 15 is 0 Å². The first-order valence-corrected chi connectivity index (χ1v) is 11.3. The van der Waals surface area contributed by atoms with Gasteiger partial charge in [-0.25, -0.2) is 9.80 Å². The van der Waals surface area contributed by atoms with Crippen LogP contribution in [-0.2, 0) is 9.53 Å².